The lowest BCUT2D eigenvalue weighted by Crippen LogP contribution is -2.08. The second-order valence-electron chi connectivity index (χ2n) is 4.70. The number of nitrogens with zero attached hydrogens (tertiary/aromatic N) is 1. The summed E-state index contributed by atoms with van der Waals surface area (Å²) in [4.78, 5) is 15.7. The highest BCUT2D eigenvalue weighted by Gasteiger charge is 2.26. The summed E-state index contributed by atoms with van der Waals surface area (Å²) in [7, 11) is 0. The molecule has 96 valence electrons. The monoisotopic (exact) mass is 254 g/mol. The van der Waals surface area contributed by atoms with E-state index in [1.165, 1.54) is 0 Å². The molecule has 0 spiro atoms. The minimum absolute atomic E-state index is 0.0261. The number of aliphatic hydroxyl groups excluding tert-OH is 1. The van der Waals surface area contributed by atoms with Crippen molar-refractivity contribution in [3.05, 3.63) is 47.8 Å². The highest BCUT2D eigenvalue weighted by atomic mass is 16.3. The van der Waals surface area contributed by atoms with Crippen LogP contribution < -0.4 is 5.32 Å². The summed E-state index contributed by atoms with van der Waals surface area (Å²) >= 11 is 0. The van der Waals surface area contributed by atoms with Gasteiger partial charge in [0.15, 0.2) is 0 Å². The van der Waals surface area contributed by atoms with E-state index in [0.717, 1.165) is 27.9 Å². The van der Waals surface area contributed by atoms with Crippen LogP contribution in [0.15, 0.2) is 36.7 Å². The summed E-state index contributed by atoms with van der Waals surface area (Å²) in [5, 5.41) is 12.2. The van der Waals surface area contributed by atoms with Crippen molar-refractivity contribution in [1.29, 1.82) is 0 Å². The van der Waals surface area contributed by atoms with Crippen molar-refractivity contribution in [2.24, 2.45) is 0 Å². The zero-order valence-corrected chi connectivity index (χ0v) is 10.6. The highest BCUT2D eigenvalue weighted by Crippen LogP contribution is 2.35. The summed E-state index contributed by atoms with van der Waals surface area (Å²) in [5.41, 5.74) is 4.57. The Morgan fingerprint density at radius 2 is 2.21 bits per heavy atom. The van der Waals surface area contributed by atoms with Crippen molar-refractivity contribution in [1.82, 2.24) is 4.98 Å². The Kier molecular flexibility index (Phi) is 2.80. The average molecular weight is 254 g/mol. The second-order valence-corrected chi connectivity index (χ2v) is 4.70. The molecule has 1 unspecified atom stereocenters. The Balaban J connectivity index is 2.11. The molecule has 1 atom stereocenters. The van der Waals surface area contributed by atoms with Crippen molar-refractivity contribution < 1.29 is 9.90 Å². The first-order valence-corrected chi connectivity index (χ1v) is 6.19. The number of aromatic nitrogens is 1. The quantitative estimate of drug-likeness (QED) is 0.864. The molecule has 1 aliphatic heterocycles. The number of hydrogen-bond acceptors (Lipinski definition) is 3. The molecule has 2 heterocycles. The number of rotatable bonds is 2. The number of hydrogen-bond donors (Lipinski definition) is 2. The topological polar surface area (TPSA) is 62.2 Å². The van der Waals surface area contributed by atoms with Crippen LogP contribution in [-0.4, -0.2) is 16.0 Å². The summed E-state index contributed by atoms with van der Waals surface area (Å²) in [6.45, 7) is 1.86. The number of carbonyl (C=O) groups excluding carboxylic acids is 1. The first-order chi connectivity index (χ1) is 9.20. The maximum Gasteiger partial charge on any atom is 0.231 e. The maximum atomic E-state index is 11.6. The fourth-order valence-electron chi connectivity index (χ4n) is 2.41. The lowest BCUT2D eigenvalue weighted by molar-refractivity contribution is -0.116. The van der Waals surface area contributed by atoms with Gasteiger partial charge in [-0.2, -0.15) is 0 Å². The van der Waals surface area contributed by atoms with Gasteiger partial charge < -0.3 is 10.4 Å². The normalized spacial score (nSPS) is 17.2. The molecule has 0 aliphatic carbocycles. The van der Waals surface area contributed by atoms with Crippen LogP contribution in [-0.2, 0) is 11.4 Å². The van der Waals surface area contributed by atoms with Gasteiger partial charge in [0.1, 0.15) is 0 Å². The van der Waals surface area contributed by atoms with Gasteiger partial charge in [-0.3, -0.25) is 9.78 Å². The van der Waals surface area contributed by atoms with Crippen LogP contribution in [0, 0.1) is 0 Å². The molecular weight excluding hydrogens is 240 g/mol. The molecule has 0 radical (unpaired) electrons. The van der Waals surface area contributed by atoms with E-state index in [9.17, 15) is 9.90 Å². The van der Waals surface area contributed by atoms with Crippen LogP contribution in [0.25, 0.3) is 11.1 Å². The van der Waals surface area contributed by atoms with Crippen LogP contribution >= 0.6 is 0 Å². The lowest BCUT2D eigenvalue weighted by atomic mass is 9.96. The summed E-state index contributed by atoms with van der Waals surface area (Å²) in [6, 6.07) is 7.64. The number of nitrogens with one attached hydrogen (secondary N) is 1. The third-order valence-electron chi connectivity index (χ3n) is 3.56. The highest BCUT2D eigenvalue weighted by molar-refractivity contribution is 6.03. The van der Waals surface area contributed by atoms with Crippen molar-refractivity contribution in [2.45, 2.75) is 19.4 Å². The summed E-state index contributed by atoms with van der Waals surface area (Å²) in [6.07, 6.45) is 3.40. The Labute approximate surface area is 111 Å². The first kappa shape index (κ1) is 11.9. The van der Waals surface area contributed by atoms with Gasteiger partial charge in [-0.25, -0.2) is 0 Å². The predicted molar refractivity (Wildman–Crippen MR) is 72.6 cm³/mol. The number of fused-ring (bicyclic) bond motifs is 1. The number of amides is 1. The summed E-state index contributed by atoms with van der Waals surface area (Å²) in [5.74, 6) is -0.107. The second kappa shape index (κ2) is 4.48. The lowest BCUT2D eigenvalue weighted by Gasteiger charge is -2.09. The SMILES string of the molecule is CC1C(=O)Nc2ccc(-c3cnccc3CO)cc21. The zero-order valence-electron chi connectivity index (χ0n) is 10.6. The molecule has 0 saturated heterocycles. The number of carbonyl (C=O) groups is 1. The van der Waals surface area contributed by atoms with Crippen LogP contribution in [0.1, 0.15) is 24.0 Å². The number of aliphatic hydroxyl groups is 1. The number of benzene rings is 1. The molecule has 1 aromatic heterocycles. The van der Waals surface area contributed by atoms with Crippen molar-refractivity contribution >= 4 is 11.6 Å². The molecule has 2 aromatic rings. The van der Waals surface area contributed by atoms with E-state index in [4.69, 9.17) is 0 Å². The van der Waals surface area contributed by atoms with E-state index in [-0.39, 0.29) is 18.4 Å². The van der Waals surface area contributed by atoms with Gasteiger partial charge in [0.2, 0.25) is 5.91 Å². The van der Waals surface area contributed by atoms with Gasteiger partial charge >= 0.3 is 0 Å². The van der Waals surface area contributed by atoms with Gasteiger partial charge in [-0.15, -0.1) is 0 Å². The third kappa shape index (κ3) is 1.90. The van der Waals surface area contributed by atoms with Gasteiger partial charge in [0.05, 0.1) is 12.5 Å². The maximum absolute atomic E-state index is 11.6. The van der Waals surface area contributed by atoms with E-state index in [1.807, 2.05) is 25.1 Å². The van der Waals surface area contributed by atoms with Crippen LogP contribution in [0.2, 0.25) is 0 Å². The van der Waals surface area contributed by atoms with E-state index in [0.29, 0.717) is 0 Å². The molecule has 0 fully saturated rings. The van der Waals surface area contributed by atoms with Gasteiger partial charge in [-0.05, 0) is 41.8 Å². The first-order valence-electron chi connectivity index (χ1n) is 6.19. The molecule has 19 heavy (non-hydrogen) atoms. The Bertz CT molecular complexity index is 652. The smallest absolute Gasteiger partial charge is 0.231 e. The fourth-order valence-corrected chi connectivity index (χ4v) is 2.41. The van der Waals surface area contributed by atoms with Gasteiger partial charge in [0, 0.05) is 23.6 Å². The van der Waals surface area contributed by atoms with Crippen LogP contribution in [0.5, 0.6) is 0 Å². The van der Waals surface area contributed by atoms with Gasteiger partial charge in [-0.1, -0.05) is 6.07 Å². The van der Waals surface area contributed by atoms with E-state index in [2.05, 4.69) is 10.3 Å². The van der Waals surface area contributed by atoms with Gasteiger partial charge in [0.25, 0.3) is 0 Å². The molecule has 0 bridgehead atoms. The number of pyridine rings is 1. The largest absolute Gasteiger partial charge is 0.392 e. The van der Waals surface area contributed by atoms with Crippen molar-refractivity contribution in [2.75, 3.05) is 5.32 Å². The zero-order chi connectivity index (χ0) is 13.4. The molecule has 2 N–H and O–H groups in total. The molecule has 3 rings (SSSR count). The summed E-state index contributed by atoms with van der Waals surface area (Å²) < 4.78 is 0. The van der Waals surface area contributed by atoms with Crippen LogP contribution in [0.3, 0.4) is 0 Å². The van der Waals surface area contributed by atoms with E-state index in [1.54, 1.807) is 18.5 Å². The molecule has 4 nitrogen and oxygen atoms in total. The molecular formula is C15H14N2O2. The van der Waals surface area contributed by atoms with Crippen LogP contribution in [0.4, 0.5) is 5.69 Å². The van der Waals surface area contributed by atoms with E-state index >= 15 is 0 Å². The minimum atomic E-state index is -0.135. The minimum Gasteiger partial charge on any atom is -0.392 e. The third-order valence-corrected chi connectivity index (χ3v) is 3.56. The van der Waals surface area contributed by atoms with Crippen molar-refractivity contribution in [3.63, 3.8) is 0 Å². The number of anilines is 1. The molecule has 1 amide bonds. The molecule has 4 heteroatoms. The molecule has 0 saturated carbocycles. The Morgan fingerprint density at radius 3 is 3.00 bits per heavy atom. The Morgan fingerprint density at radius 1 is 1.37 bits per heavy atom. The predicted octanol–water partition coefficient (Wildman–Crippen LogP) is 2.30. The van der Waals surface area contributed by atoms with Crippen molar-refractivity contribution in [3.8, 4) is 11.1 Å². The fraction of sp³-hybridized carbons (Fsp3) is 0.200. The van der Waals surface area contributed by atoms with E-state index < -0.39 is 0 Å². The standard InChI is InChI=1S/C15H14N2O2/c1-9-12-6-10(2-3-14(12)17-15(9)19)13-7-16-5-4-11(13)8-18/h2-7,9,18H,8H2,1H3,(H,17,19). The molecule has 1 aromatic carbocycles. The average Bonchev–Trinajstić information content (AvgIpc) is 2.74. The molecule has 1 aliphatic rings. The Hall–Kier alpha value is -2.20.